The van der Waals surface area contributed by atoms with Gasteiger partial charge in [0.15, 0.2) is 0 Å². The number of aryl methyl sites for hydroxylation is 2. The molecule has 2 rings (SSSR count). The van der Waals surface area contributed by atoms with Gasteiger partial charge in [-0.15, -0.1) is 0 Å². The van der Waals surface area contributed by atoms with Crippen molar-refractivity contribution in [2.45, 2.75) is 72.3 Å². The van der Waals surface area contributed by atoms with Crippen LogP contribution in [0.2, 0.25) is 0 Å². The molecule has 1 atom stereocenters. The van der Waals surface area contributed by atoms with Gasteiger partial charge in [0, 0.05) is 6.04 Å². The molecule has 20 heavy (non-hydrogen) atoms. The molecule has 1 aliphatic rings. The van der Waals surface area contributed by atoms with Crippen LogP contribution in [0.3, 0.4) is 0 Å². The summed E-state index contributed by atoms with van der Waals surface area (Å²) in [5, 5.41) is 3.80. The van der Waals surface area contributed by atoms with E-state index in [1.807, 2.05) is 0 Å². The van der Waals surface area contributed by atoms with Crippen LogP contribution in [-0.4, -0.2) is 12.6 Å². The van der Waals surface area contributed by atoms with Crippen LogP contribution < -0.4 is 5.32 Å². The van der Waals surface area contributed by atoms with Crippen LogP contribution >= 0.6 is 0 Å². The first-order valence-electron chi connectivity index (χ1n) is 8.41. The molecule has 0 radical (unpaired) electrons. The molecule has 0 spiro atoms. The highest BCUT2D eigenvalue weighted by molar-refractivity contribution is 5.30. The highest BCUT2D eigenvalue weighted by atomic mass is 14.9. The zero-order valence-electron chi connectivity index (χ0n) is 13.8. The molecule has 0 amide bonds. The van der Waals surface area contributed by atoms with Crippen molar-refractivity contribution in [1.29, 1.82) is 0 Å². The van der Waals surface area contributed by atoms with Crippen molar-refractivity contribution in [2.24, 2.45) is 5.41 Å². The minimum atomic E-state index is 0.537. The number of benzene rings is 1. The van der Waals surface area contributed by atoms with Crippen molar-refractivity contribution in [3.8, 4) is 0 Å². The number of likely N-dealkylation sites (N-methyl/N-ethyl adjacent to an activating group) is 1. The SMILES string of the molecule is CCNC(Cc1ccc(C)c(C)c1)C1(CC)CCCC1. The van der Waals surface area contributed by atoms with Crippen molar-refractivity contribution in [2.75, 3.05) is 6.54 Å². The molecule has 1 unspecified atom stereocenters. The van der Waals surface area contributed by atoms with E-state index >= 15 is 0 Å². The smallest absolute Gasteiger partial charge is 0.0164 e. The Morgan fingerprint density at radius 1 is 1.10 bits per heavy atom. The zero-order valence-corrected chi connectivity index (χ0v) is 13.8. The number of hydrogen-bond donors (Lipinski definition) is 1. The minimum absolute atomic E-state index is 0.537. The molecule has 0 heterocycles. The van der Waals surface area contributed by atoms with Gasteiger partial charge in [-0.2, -0.15) is 0 Å². The summed E-state index contributed by atoms with van der Waals surface area (Å²) in [5.74, 6) is 0. The van der Waals surface area contributed by atoms with Crippen molar-refractivity contribution < 1.29 is 0 Å². The largest absolute Gasteiger partial charge is 0.313 e. The monoisotopic (exact) mass is 273 g/mol. The Labute approximate surface area is 125 Å². The number of nitrogens with one attached hydrogen (secondary N) is 1. The lowest BCUT2D eigenvalue weighted by atomic mass is 9.74. The van der Waals surface area contributed by atoms with E-state index in [9.17, 15) is 0 Å². The van der Waals surface area contributed by atoms with Crippen molar-refractivity contribution in [3.05, 3.63) is 34.9 Å². The van der Waals surface area contributed by atoms with Gasteiger partial charge in [-0.05, 0) is 68.2 Å². The topological polar surface area (TPSA) is 12.0 Å². The lowest BCUT2D eigenvalue weighted by Gasteiger charge is -2.38. The molecule has 1 saturated carbocycles. The van der Waals surface area contributed by atoms with Gasteiger partial charge in [-0.1, -0.05) is 44.9 Å². The molecule has 0 saturated heterocycles. The first kappa shape index (κ1) is 15.6. The van der Waals surface area contributed by atoms with Gasteiger partial charge in [0.25, 0.3) is 0 Å². The summed E-state index contributed by atoms with van der Waals surface area (Å²) in [7, 11) is 0. The van der Waals surface area contributed by atoms with Crippen LogP contribution in [0.25, 0.3) is 0 Å². The van der Waals surface area contributed by atoms with Gasteiger partial charge in [0.05, 0.1) is 0 Å². The van der Waals surface area contributed by atoms with Crippen molar-refractivity contribution >= 4 is 0 Å². The van der Waals surface area contributed by atoms with E-state index in [-0.39, 0.29) is 0 Å². The van der Waals surface area contributed by atoms with E-state index < -0.39 is 0 Å². The third-order valence-electron chi connectivity index (χ3n) is 5.50. The molecule has 1 N–H and O–H groups in total. The second-order valence-electron chi connectivity index (χ2n) is 6.66. The Morgan fingerprint density at radius 3 is 2.35 bits per heavy atom. The summed E-state index contributed by atoms with van der Waals surface area (Å²) in [5.41, 5.74) is 4.86. The summed E-state index contributed by atoms with van der Waals surface area (Å²) in [6.07, 6.45) is 8.15. The summed E-state index contributed by atoms with van der Waals surface area (Å²) in [4.78, 5) is 0. The molecule has 1 aromatic rings. The quantitative estimate of drug-likeness (QED) is 0.785. The number of rotatable bonds is 6. The Morgan fingerprint density at radius 2 is 1.80 bits per heavy atom. The molecule has 0 aliphatic heterocycles. The Balaban J connectivity index is 2.18. The average molecular weight is 273 g/mol. The molecule has 1 aromatic carbocycles. The minimum Gasteiger partial charge on any atom is -0.313 e. The van der Waals surface area contributed by atoms with E-state index in [4.69, 9.17) is 0 Å². The zero-order chi connectivity index (χ0) is 14.6. The summed E-state index contributed by atoms with van der Waals surface area (Å²) in [6, 6.07) is 7.63. The molecule has 1 aliphatic carbocycles. The van der Waals surface area contributed by atoms with Crippen LogP contribution in [0.1, 0.15) is 62.6 Å². The molecule has 112 valence electrons. The Hall–Kier alpha value is -0.820. The van der Waals surface area contributed by atoms with Gasteiger partial charge in [0.1, 0.15) is 0 Å². The predicted octanol–water partition coefficient (Wildman–Crippen LogP) is 4.79. The van der Waals surface area contributed by atoms with E-state index in [1.54, 1.807) is 0 Å². The maximum atomic E-state index is 3.80. The number of hydrogen-bond acceptors (Lipinski definition) is 1. The van der Waals surface area contributed by atoms with Gasteiger partial charge < -0.3 is 5.32 Å². The third-order valence-corrected chi connectivity index (χ3v) is 5.50. The predicted molar refractivity (Wildman–Crippen MR) is 88.3 cm³/mol. The Kier molecular flexibility index (Phi) is 5.26. The maximum Gasteiger partial charge on any atom is 0.0164 e. The molecular formula is C19H31N. The second-order valence-corrected chi connectivity index (χ2v) is 6.66. The van der Waals surface area contributed by atoms with Gasteiger partial charge >= 0.3 is 0 Å². The van der Waals surface area contributed by atoms with Crippen LogP contribution in [-0.2, 0) is 6.42 Å². The molecule has 1 heteroatoms. The highest BCUT2D eigenvalue weighted by Gasteiger charge is 2.39. The second kappa shape index (κ2) is 6.76. The van der Waals surface area contributed by atoms with Gasteiger partial charge in [-0.3, -0.25) is 0 Å². The highest BCUT2D eigenvalue weighted by Crippen LogP contribution is 2.44. The standard InChI is InChI=1S/C19H31N/c1-5-19(11-7-8-12-19)18(20-6-2)14-17-10-9-15(3)16(4)13-17/h9-10,13,18,20H,5-8,11-12,14H2,1-4H3. The van der Waals surface area contributed by atoms with E-state index in [0.717, 1.165) is 6.54 Å². The summed E-state index contributed by atoms with van der Waals surface area (Å²) >= 11 is 0. The lowest BCUT2D eigenvalue weighted by Crippen LogP contribution is -2.45. The molecule has 0 aromatic heterocycles. The van der Waals surface area contributed by atoms with Crippen LogP contribution in [0, 0.1) is 19.3 Å². The van der Waals surface area contributed by atoms with Gasteiger partial charge in [-0.25, -0.2) is 0 Å². The fourth-order valence-electron chi connectivity index (χ4n) is 3.95. The van der Waals surface area contributed by atoms with Crippen LogP contribution in [0.5, 0.6) is 0 Å². The Bertz CT molecular complexity index is 429. The maximum absolute atomic E-state index is 3.80. The fraction of sp³-hybridized carbons (Fsp3) is 0.684. The van der Waals surface area contributed by atoms with E-state index in [2.05, 4.69) is 51.2 Å². The van der Waals surface area contributed by atoms with E-state index in [0.29, 0.717) is 11.5 Å². The van der Waals surface area contributed by atoms with Crippen molar-refractivity contribution in [3.63, 3.8) is 0 Å². The average Bonchev–Trinajstić information content (AvgIpc) is 2.92. The fourth-order valence-corrected chi connectivity index (χ4v) is 3.95. The first-order chi connectivity index (χ1) is 9.61. The molecule has 0 bridgehead atoms. The summed E-state index contributed by atoms with van der Waals surface area (Å²) in [6.45, 7) is 10.1. The van der Waals surface area contributed by atoms with Gasteiger partial charge in [0.2, 0.25) is 0 Å². The van der Waals surface area contributed by atoms with Crippen molar-refractivity contribution in [1.82, 2.24) is 5.32 Å². The normalized spacial score (nSPS) is 19.2. The first-order valence-corrected chi connectivity index (χ1v) is 8.41. The molecule has 1 fully saturated rings. The molecular weight excluding hydrogens is 242 g/mol. The van der Waals surface area contributed by atoms with Crippen LogP contribution in [0.4, 0.5) is 0 Å². The third kappa shape index (κ3) is 3.25. The lowest BCUT2D eigenvalue weighted by molar-refractivity contribution is 0.186. The summed E-state index contributed by atoms with van der Waals surface area (Å²) < 4.78 is 0. The molecule has 1 nitrogen and oxygen atoms in total. The van der Waals surface area contributed by atoms with E-state index in [1.165, 1.54) is 55.2 Å². The van der Waals surface area contributed by atoms with Crippen LogP contribution in [0.15, 0.2) is 18.2 Å².